The standard InChI is InChI=1S/C13H12O2/c14-13(15)12-7-5-11(6-8-12)9-10-3-1-2-4-10/h1-3,5-8H,4,9H2,(H,14,15). The lowest BCUT2D eigenvalue weighted by Gasteiger charge is -2.02. The van der Waals surface area contributed by atoms with Gasteiger partial charge in [-0.15, -0.1) is 0 Å². The van der Waals surface area contributed by atoms with Crippen LogP contribution in [0.2, 0.25) is 0 Å². The normalized spacial score (nSPS) is 14.0. The second-order valence-electron chi connectivity index (χ2n) is 3.64. The lowest BCUT2D eigenvalue weighted by Crippen LogP contribution is -1.96. The Bertz CT molecular complexity index is 424. The molecule has 1 aromatic rings. The van der Waals surface area contributed by atoms with Gasteiger partial charge in [-0.3, -0.25) is 0 Å². The fraction of sp³-hybridized carbons (Fsp3) is 0.154. The maximum absolute atomic E-state index is 10.6. The average Bonchev–Trinajstić information content (AvgIpc) is 2.71. The van der Waals surface area contributed by atoms with E-state index >= 15 is 0 Å². The second kappa shape index (κ2) is 4.13. The first-order valence-corrected chi connectivity index (χ1v) is 4.92. The molecule has 2 nitrogen and oxygen atoms in total. The molecule has 2 rings (SSSR count). The number of carboxylic acids is 1. The van der Waals surface area contributed by atoms with Crippen LogP contribution in [0.5, 0.6) is 0 Å². The van der Waals surface area contributed by atoms with Crippen LogP contribution in [0.3, 0.4) is 0 Å². The van der Waals surface area contributed by atoms with E-state index in [4.69, 9.17) is 5.11 Å². The molecule has 1 N–H and O–H groups in total. The Morgan fingerprint density at radius 2 is 2.00 bits per heavy atom. The first-order valence-electron chi connectivity index (χ1n) is 4.92. The summed E-state index contributed by atoms with van der Waals surface area (Å²) >= 11 is 0. The highest BCUT2D eigenvalue weighted by molar-refractivity contribution is 5.87. The largest absolute Gasteiger partial charge is 0.478 e. The molecule has 0 bridgehead atoms. The summed E-state index contributed by atoms with van der Waals surface area (Å²) in [7, 11) is 0. The van der Waals surface area contributed by atoms with Crippen LogP contribution < -0.4 is 0 Å². The van der Waals surface area contributed by atoms with Crippen molar-refractivity contribution in [3.63, 3.8) is 0 Å². The van der Waals surface area contributed by atoms with E-state index in [9.17, 15) is 4.79 Å². The fourth-order valence-corrected chi connectivity index (χ4v) is 1.65. The Hall–Kier alpha value is -1.83. The molecule has 2 heteroatoms. The van der Waals surface area contributed by atoms with Crippen LogP contribution in [0.1, 0.15) is 22.3 Å². The number of aromatic carboxylic acids is 1. The van der Waals surface area contributed by atoms with Gasteiger partial charge < -0.3 is 5.11 Å². The monoisotopic (exact) mass is 200 g/mol. The van der Waals surface area contributed by atoms with Crippen molar-refractivity contribution in [3.05, 3.63) is 59.2 Å². The van der Waals surface area contributed by atoms with E-state index < -0.39 is 5.97 Å². The smallest absolute Gasteiger partial charge is 0.335 e. The van der Waals surface area contributed by atoms with Gasteiger partial charge in [0.25, 0.3) is 0 Å². The highest BCUT2D eigenvalue weighted by Gasteiger charge is 2.04. The topological polar surface area (TPSA) is 37.3 Å². The average molecular weight is 200 g/mol. The predicted molar refractivity (Wildman–Crippen MR) is 58.9 cm³/mol. The molecule has 0 unspecified atom stereocenters. The first kappa shape index (κ1) is 9.71. The number of allylic oxidation sites excluding steroid dienone is 4. The van der Waals surface area contributed by atoms with Crippen molar-refractivity contribution < 1.29 is 9.90 Å². The summed E-state index contributed by atoms with van der Waals surface area (Å²) in [6.45, 7) is 0. The maximum atomic E-state index is 10.6. The summed E-state index contributed by atoms with van der Waals surface area (Å²) in [5.74, 6) is -0.872. The van der Waals surface area contributed by atoms with Crippen molar-refractivity contribution in [2.24, 2.45) is 0 Å². The molecular formula is C13H12O2. The Balaban J connectivity index is 2.07. The van der Waals surface area contributed by atoms with Crippen LogP contribution in [-0.2, 0) is 6.42 Å². The number of carboxylic acid groups (broad SMARTS) is 1. The van der Waals surface area contributed by atoms with Crippen LogP contribution in [-0.4, -0.2) is 11.1 Å². The molecule has 0 heterocycles. The second-order valence-corrected chi connectivity index (χ2v) is 3.64. The Labute approximate surface area is 88.6 Å². The van der Waals surface area contributed by atoms with Gasteiger partial charge in [0.15, 0.2) is 0 Å². The molecule has 76 valence electrons. The SMILES string of the molecule is O=C(O)c1ccc(CC2=CC=CC2)cc1. The van der Waals surface area contributed by atoms with Gasteiger partial charge in [0.2, 0.25) is 0 Å². The van der Waals surface area contributed by atoms with Crippen molar-refractivity contribution in [1.29, 1.82) is 0 Å². The van der Waals surface area contributed by atoms with Gasteiger partial charge >= 0.3 is 5.97 Å². The molecule has 1 aliphatic carbocycles. The van der Waals surface area contributed by atoms with Gasteiger partial charge in [-0.2, -0.15) is 0 Å². The summed E-state index contributed by atoms with van der Waals surface area (Å²) in [6.07, 6.45) is 8.22. The summed E-state index contributed by atoms with van der Waals surface area (Å²) in [4.78, 5) is 10.6. The minimum absolute atomic E-state index is 0.345. The van der Waals surface area contributed by atoms with Gasteiger partial charge in [-0.1, -0.05) is 35.9 Å². The van der Waals surface area contributed by atoms with Crippen LogP contribution in [0.4, 0.5) is 0 Å². The van der Waals surface area contributed by atoms with Gasteiger partial charge in [0.1, 0.15) is 0 Å². The van der Waals surface area contributed by atoms with Gasteiger partial charge in [-0.05, 0) is 30.5 Å². The number of hydrogen-bond acceptors (Lipinski definition) is 1. The molecule has 0 amide bonds. The van der Waals surface area contributed by atoms with Crippen molar-refractivity contribution in [3.8, 4) is 0 Å². The van der Waals surface area contributed by atoms with E-state index in [1.54, 1.807) is 12.1 Å². The van der Waals surface area contributed by atoms with Gasteiger partial charge in [0.05, 0.1) is 5.56 Å². The van der Waals surface area contributed by atoms with Crippen LogP contribution in [0.25, 0.3) is 0 Å². The van der Waals surface area contributed by atoms with Crippen LogP contribution >= 0.6 is 0 Å². The lowest BCUT2D eigenvalue weighted by atomic mass is 10.0. The molecule has 0 saturated carbocycles. The highest BCUT2D eigenvalue weighted by Crippen LogP contribution is 2.16. The predicted octanol–water partition coefficient (Wildman–Crippen LogP) is 2.81. The number of carbonyl (C=O) groups is 1. The Morgan fingerprint density at radius 1 is 1.27 bits per heavy atom. The molecule has 1 aliphatic rings. The Morgan fingerprint density at radius 3 is 2.53 bits per heavy atom. The van der Waals surface area contributed by atoms with E-state index in [0.29, 0.717) is 5.56 Å². The zero-order chi connectivity index (χ0) is 10.7. The molecule has 0 aliphatic heterocycles. The van der Waals surface area contributed by atoms with Gasteiger partial charge in [-0.25, -0.2) is 4.79 Å². The summed E-state index contributed by atoms with van der Waals surface area (Å²) in [5, 5.41) is 8.74. The minimum atomic E-state index is -0.872. The molecule has 0 spiro atoms. The van der Waals surface area contributed by atoms with E-state index in [1.165, 1.54) is 5.57 Å². The zero-order valence-corrected chi connectivity index (χ0v) is 8.31. The lowest BCUT2D eigenvalue weighted by molar-refractivity contribution is 0.0697. The van der Waals surface area contributed by atoms with Crippen molar-refractivity contribution in [1.82, 2.24) is 0 Å². The molecule has 0 atom stereocenters. The molecule has 1 aromatic carbocycles. The van der Waals surface area contributed by atoms with E-state index in [0.717, 1.165) is 18.4 Å². The van der Waals surface area contributed by atoms with E-state index in [-0.39, 0.29) is 0 Å². The third-order valence-corrected chi connectivity index (χ3v) is 2.48. The molecule has 0 saturated heterocycles. The molecule has 0 radical (unpaired) electrons. The third-order valence-electron chi connectivity index (χ3n) is 2.48. The number of rotatable bonds is 3. The van der Waals surface area contributed by atoms with E-state index in [2.05, 4.69) is 18.2 Å². The number of benzene rings is 1. The fourth-order valence-electron chi connectivity index (χ4n) is 1.65. The van der Waals surface area contributed by atoms with Crippen molar-refractivity contribution in [2.75, 3.05) is 0 Å². The first-order chi connectivity index (χ1) is 7.25. The maximum Gasteiger partial charge on any atom is 0.335 e. The summed E-state index contributed by atoms with van der Waals surface area (Å²) in [6, 6.07) is 7.06. The summed E-state index contributed by atoms with van der Waals surface area (Å²) in [5.41, 5.74) is 2.88. The minimum Gasteiger partial charge on any atom is -0.478 e. The van der Waals surface area contributed by atoms with Crippen LogP contribution in [0, 0.1) is 0 Å². The molecule has 0 fully saturated rings. The van der Waals surface area contributed by atoms with E-state index in [1.807, 2.05) is 12.1 Å². The number of hydrogen-bond donors (Lipinski definition) is 1. The third kappa shape index (κ3) is 2.34. The zero-order valence-electron chi connectivity index (χ0n) is 8.31. The van der Waals surface area contributed by atoms with Crippen molar-refractivity contribution in [2.45, 2.75) is 12.8 Å². The molecule has 0 aromatic heterocycles. The molecule has 15 heavy (non-hydrogen) atoms. The van der Waals surface area contributed by atoms with Gasteiger partial charge in [0, 0.05) is 0 Å². The highest BCUT2D eigenvalue weighted by atomic mass is 16.4. The molecular weight excluding hydrogens is 188 g/mol. The van der Waals surface area contributed by atoms with Crippen LogP contribution in [0.15, 0.2) is 48.1 Å². The quantitative estimate of drug-likeness (QED) is 0.814. The Kier molecular flexibility index (Phi) is 2.68. The summed E-state index contributed by atoms with van der Waals surface area (Å²) < 4.78 is 0. The van der Waals surface area contributed by atoms with Crippen molar-refractivity contribution >= 4 is 5.97 Å².